The Morgan fingerprint density at radius 1 is 1.40 bits per heavy atom. The van der Waals surface area contributed by atoms with E-state index in [0.29, 0.717) is 12.0 Å². The monoisotopic (exact) mass is 342 g/mol. The van der Waals surface area contributed by atoms with E-state index in [9.17, 15) is 4.79 Å². The van der Waals surface area contributed by atoms with E-state index in [0.717, 1.165) is 43.7 Å². The second kappa shape index (κ2) is 5.13. The van der Waals surface area contributed by atoms with Crippen LogP contribution in [0.25, 0.3) is 0 Å². The lowest BCUT2D eigenvalue weighted by Crippen LogP contribution is -2.68. The molecule has 2 fully saturated rings. The van der Waals surface area contributed by atoms with Crippen molar-refractivity contribution in [2.45, 2.75) is 56.2 Å². The van der Waals surface area contributed by atoms with Gasteiger partial charge >= 0.3 is 0 Å². The Labute approximate surface area is 148 Å². The van der Waals surface area contributed by atoms with Gasteiger partial charge in [-0.05, 0) is 56.8 Å². The van der Waals surface area contributed by atoms with Crippen molar-refractivity contribution in [3.05, 3.63) is 23.3 Å². The molecule has 1 aromatic rings. The van der Waals surface area contributed by atoms with Gasteiger partial charge in [-0.1, -0.05) is 6.07 Å². The number of carbonyl (C=O) groups is 1. The standard InChI is InChI=1S/C20H26N2O3/c1-11(23)21-14-6-5-13-15-10-12-4-7-16(24-3)18-17(12)20(13,19(14)25-18)8-9-22(15)2/h4,7,13-15,19H,5-6,8-10H2,1-3H3,(H,21,23)/t13?,14?,15?,19-,20-/m0/s1. The predicted molar refractivity (Wildman–Crippen MR) is 94.2 cm³/mol. The van der Waals surface area contributed by atoms with Crippen LogP contribution in [0, 0.1) is 5.92 Å². The number of benzene rings is 1. The second-order valence-corrected chi connectivity index (χ2v) is 8.20. The summed E-state index contributed by atoms with van der Waals surface area (Å²) in [6.07, 6.45) is 4.36. The molecule has 2 aliphatic heterocycles. The van der Waals surface area contributed by atoms with Gasteiger partial charge in [-0.2, -0.15) is 0 Å². The van der Waals surface area contributed by atoms with Crippen LogP contribution in [-0.2, 0) is 16.6 Å². The van der Waals surface area contributed by atoms with Crippen LogP contribution < -0.4 is 14.8 Å². The van der Waals surface area contributed by atoms with Gasteiger partial charge in [0, 0.05) is 23.9 Å². The molecule has 25 heavy (non-hydrogen) atoms. The van der Waals surface area contributed by atoms with E-state index < -0.39 is 0 Å². The zero-order valence-electron chi connectivity index (χ0n) is 15.2. The maximum absolute atomic E-state index is 11.8. The molecule has 4 aliphatic rings. The Morgan fingerprint density at radius 3 is 3.00 bits per heavy atom. The van der Waals surface area contributed by atoms with Crippen LogP contribution in [0.4, 0.5) is 0 Å². The third kappa shape index (κ3) is 1.85. The molecular weight excluding hydrogens is 316 g/mol. The first-order chi connectivity index (χ1) is 12.1. The minimum atomic E-state index is 0.0247. The summed E-state index contributed by atoms with van der Waals surface area (Å²) >= 11 is 0. The molecule has 0 aromatic heterocycles. The van der Waals surface area contributed by atoms with E-state index in [-0.39, 0.29) is 23.5 Å². The number of hydrogen-bond acceptors (Lipinski definition) is 4. The van der Waals surface area contributed by atoms with Gasteiger partial charge in [0.1, 0.15) is 6.10 Å². The van der Waals surface area contributed by atoms with Gasteiger partial charge in [0.15, 0.2) is 11.5 Å². The highest BCUT2D eigenvalue weighted by Crippen LogP contribution is 2.63. The quantitative estimate of drug-likeness (QED) is 0.891. The van der Waals surface area contributed by atoms with Crippen LogP contribution in [0.15, 0.2) is 12.1 Å². The number of nitrogens with zero attached hydrogens (tertiary/aromatic N) is 1. The Hall–Kier alpha value is -1.75. The van der Waals surface area contributed by atoms with Gasteiger partial charge in [-0.15, -0.1) is 0 Å². The molecule has 2 aliphatic carbocycles. The van der Waals surface area contributed by atoms with Crippen molar-refractivity contribution >= 4 is 5.91 Å². The van der Waals surface area contributed by atoms with Crippen molar-refractivity contribution in [1.82, 2.24) is 10.2 Å². The molecule has 1 aromatic carbocycles. The number of likely N-dealkylation sites (tertiary alicyclic amines) is 1. The molecule has 134 valence electrons. The average Bonchev–Trinajstić information content (AvgIpc) is 2.94. The topological polar surface area (TPSA) is 50.8 Å². The van der Waals surface area contributed by atoms with Crippen molar-refractivity contribution in [2.75, 3.05) is 20.7 Å². The minimum absolute atomic E-state index is 0.0247. The maximum Gasteiger partial charge on any atom is 0.217 e. The summed E-state index contributed by atoms with van der Waals surface area (Å²) in [6.45, 7) is 2.69. The summed E-state index contributed by atoms with van der Waals surface area (Å²) < 4.78 is 12.2. The highest BCUT2D eigenvalue weighted by Gasteiger charge is 2.65. The summed E-state index contributed by atoms with van der Waals surface area (Å²) in [7, 11) is 3.97. The van der Waals surface area contributed by atoms with Gasteiger partial charge < -0.3 is 19.7 Å². The van der Waals surface area contributed by atoms with E-state index in [1.807, 2.05) is 6.07 Å². The summed E-state index contributed by atoms with van der Waals surface area (Å²) in [6, 6.07) is 4.94. The van der Waals surface area contributed by atoms with E-state index in [1.54, 1.807) is 14.0 Å². The molecule has 1 N–H and O–H groups in total. The number of methoxy groups -OCH3 is 1. The number of piperidine rings is 1. The third-order valence-corrected chi connectivity index (χ3v) is 7.19. The van der Waals surface area contributed by atoms with Crippen molar-refractivity contribution in [3.63, 3.8) is 0 Å². The zero-order valence-corrected chi connectivity index (χ0v) is 15.2. The number of hydrogen-bond donors (Lipinski definition) is 1. The molecule has 2 heterocycles. The number of ether oxygens (including phenoxy) is 2. The number of carbonyl (C=O) groups excluding carboxylic acids is 1. The van der Waals surface area contributed by atoms with Crippen LogP contribution in [0.2, 0.25) is 0 Å². The Kier molecular flexibility index (Phi) is 3.18. The Morgan fingerprint density at radius 2 is 2.24 bits per heavy atom. The molecule has 3 unspecified atom stereocenters. The third-order valence-electron chi connectivity index (χ3n) is 7.19. The van der Waals surface area contributed by atoms with Crippen molar-refractivity contribution in [1.29, 1.82) is 0 Å². The normalized spacial score (nSPS) is 37.9. The van der Waals surface area contributed by atoms with Crippen LogP contribution in [0.1, 0.15) is 37.3 Å². The molecule has 5 atom stereocenters. The van der Waals surface area contributed by atoms with Crippen LogP contribution in [0.3, 0.4) is 0 Å². The first-order valence-electron chi connectivity index (χ1n) is 9.40. The van der Waals surface area contributed by atoms with Gasteiger partial charge in [-0.3, -0.25) is 4.79 Å². The molecule has 1 saturated heterocycles. The second-order valence-electron chi connectivity index (χ2n) is 8.20. The smallest absolute Gasteiger partial charge is 0.217 e. The summed E-state index contributed by atoms with van der Waals surface area (Å²) in [5.41, 5.74) is 2.83. The van der Waals surface area contributed by atoms with Gasteiger partial charge in [0.25, 0.3) is 0 Å². The maximum atomic E-state index is 11.8. The first kappa shape index (κ1) is 15.5. The molecule has 1 amide bonds. The number of nitrogens with one attached hydrogen (secondary N) is 1. The lowest BCUT2D eigenvalue weighted by Gasteiger charge is -2.59. The van der Waals surface area contributed by atoms with Crippen LogP contribution in [-0.4, -0.2) is 49.7 Å². The fourth-order valence-corrected chi connectivity index (χ4v) is 6.30. The van der Waals surface area contributed by atoms with Gasteiger partial charge in [-0.25, -0.2) is 0 Å². The Bertz CT molecular complexity index is 749. The minimum Gasteiger partial charge on any atom is -0.493 e. The molecule has 1 saturated carbocycles. The van der Waals surface area contributed by atoms with E-state index in [4.69, 9.17) is 9.47 Å². The zero-order chi connectivity index (χ0) is 17.3. The van der Waals surface area contributed by atoms with E-state index in [1.165, 1.54) is 11.1 Å². The molecule has 5 heteroatoms. The number of amides is 1. The average molecular weight is 342 g/mol. The summed E-state index contributed by atoms with van der Waals surface area (Å²) in [5, 5.41) is 3.18. The molecule has 0 radical (unpaired) electrons. The van der Waals surface area contributed by atoms with Crippen molar-refractivity contribution < 1.29 is 14.3 Å². The van der Waals surface area contributed by atoms with Crippen LogP contribution in [0.5, 0.6) is 11.5 Å². The fraction of sp³-hybridized carbons (Fsp3) is 0.650. The highest BCUT2D eigenvalue weighted by atomic mass is 16.5. The van der Waals surface area contributed by atoms with E-state index in [2.05, 4.69) is 23.3 Å². The molecular formula is C20H26N2O3. The van der Waals surface area contributed by atoms with Crippen molar-refractivity contribution in [2.24, 2.45) is 5.92 Å². The Balaban J connectivity index is 1.71. The summed E-state index contributed by atoms with van der Waals surface area (Å²) in [4.78, 5) is 14.3. The van der Waals surface area contributed by atoms with Gasteiger partial charge in [0.2, 0.25) is 5.91 Å². The largest absolute Gasteiger partial charge is 0.493 e. The van der Waals surface area contributed by atoms with Crippen LogP contribution >= 0.6 is 0 Å². The van der Waals surface area contributed by atoms with E-state index >= 15 is 0 Å². The molecule has 1 spiro atoms. The fourth-order valence-electron chi connectivity index (χ4n) is 6.30. The lowest BCUT2D eigenvalue weighted by atomic mass is 9.51. The van der Waals surface area contributed by atoms with Gasteiger partial charge in [0.05, 0.1) is 13.2 Å². The number of rotatable bonds is 2. The summed E-state index contributed by atoms with van der Waals surface area (Å²) in [5.74, 6) is 2.41. The predicted octanol–water partition coefficient (Wildman–Crippen LogP) is 1.87. The SMILES string of the molecule is COc1ccc2c3c1O[C@H]1C(NC(C)=O)CCC4C(C2)N(C)CC[C@@]341. The molecule has 5 rings (SSSR count). The highest BCUT2D eigenvalue weighted by molar-refractivity contribution is 5.73. The molecule has 5 nitrogen and oxygen atoms in total. The first-order valence-corrected chi connectivity index (χ1v) is 9.40. The molecule has 2 bridgehead atoms. The van der Waals surface area contributed by atoms with Crippen molar-refractivity contribution in [3.8, 4) is 11.5 Å². The lowest BCUT2D eigenvalue weighted by molar-refractivity contribution is -0.122. The number of likely N-dealkylation sites (N-methyl/N-ethyl adjacent to an activating group) is 1.